The molecule has 0 unspecified atom stereocenters. The first-order chi connectivity index (χ1) is 11.5. The fraction of sp³-hybridized carbons (Fsp3) is 0.222. The minimum absolute atomic E-state index is 0.268. The van der Waals surface area contributed by atoms with E-state index in [0.717, 1.165) is 11.1 Å². The Labute approximate surface area is 146 Å². The number of halogens is 1. The van der Waals surface area contributed by atoms with Crippen molar-refractivity contribution in [2.24, 2.45) is 5.73 Å². The Morgan fingerprint density at radius 3 is 2.29 bits per heavy atom. The van der Waals surface area contributed by atoms with Crippen molar-refractivity contribution in [3.05, 3.63) is 70.7 Å². The Bertz CT molecular complexity index is 706. The van der Waals surface area contributed by atoms with Gasteiger partial charge in [0.25, 0.3) is 0 Å². The van der Waals surface area contributed by atoms with E-state index >= 15 is 0 Å². The largest absolute Gasteiger partial charge is 0.352 e. The summed E-state index contributed by atoms with van der Waals surface area (Å²) in [7, 11) is 0. The van der Waals surface area contributed by atoms with Crippen molar-refractivity contribution < 1.29 is 9.59 Å². The molecular weight excluding hydrogens is 326 g/mol. The molecule has 2 atom stereocenters. The van der Waals surface area contributed by atoms with Gasteiger partial charge in [-0.1, -0.05) is 60.1 Å². The highest BCUT2D eigenvalue weighted by atomic mass is 35.5. The van der Waals surface area contributed by atoms with Gasteiger partial charge in [-0.25, -0.2) is 4.79 Å². The first-order valence-corrected chi connectivity index (χ1v) is 8.00. The topological polar surface area (TPSA) is 84.2 Å². The van der Waals surface area contributed by atoms with Crippen LogP contribution < -0.4 is 16.4 Å². The zero-order valence-electron chi connectivity index (χ0n) is 13.3. The lowest BCUT2D eigenvalue weighted by Crippen LogP contribution is -2.47. The van der Waals surface area contributed by atoms with Crippen molar-refractivity contribution in [3.63, 3.8) is 0 Å². The molecule has 2 rings (SSSR count). The molecule has 0 saturated heterocycles. The van der Waals surface area contributed by atoms with Crippen molar-refractivity contribution in [1.82, 2.24) is 10.6 Å². The van der Waals surface area contributed by atoms with Crippen LogP contribution in [0.3, 0.4) is 0 Å². The third-order valence-electron chi connectivity index (χ3n) is 3.65. The van der Waals surface area contributed by atoms with Crippen LogP contribution in [0.1, 0.15) is 24.1 Å². The lowest BCUT2D eigenvalue weighted by Gasteiger charge is -2.22. The van der Waals surface area contributed by atoms with E-state index in [4.69, 9.17) is 17.3 Å². The van der Waals surface area contributed by atoms with Crippen molar-refractivity contribution >= 4 is 23.5 Å². The molecule has 0 heterocycles. The van der Waals surface area contributed by atoms with E-state index in [1.165, 1.54) is 0 Å². The lowest BCUT2D eigenvalue weighted by atomic mass is 9.98. The number of carbonyl (C=O) groups is 2. The smallest absolute Gasteiger partial charge is 0.312 e. The molecule has 0 bridgehead atoms. The molecule has 0 spiro atoms. The first-order valence-electron chi connectivity index (χ1n) is 7.62. The van der Waals surface area contributed by atoms with Crippen LogP contribution in [-0.4, -0.2) is 18.0 Å². The normalized spacial score (nSPS) is 12.9. The molecular formula is C18H20ClN3O2. The molecule has 2 aromatic rings. The average molecular weight is 346 g/mol. The third-order valence-corrected chi connectivity index (χ3v) is 4.02. The van der Waals surface area contributed by atoms with Gasteiger partial charge in [0, 0.05) is 5.02 Å². The molecule has 5 nitrogen and oxygen atoms in total. The summed E-state index contributed by atoms with van der Waals surface area (Å²) in [4.78, 5) is 23.2. The summed E-state index contributed by atoms with van der Waals surface area (Å²) in [6.45, 7) is 1.58. The molecule has 4 N–H and O–H groups in total. The van der Waals surface area contributed by atoms with E-state index in [1.54, 1.807) is 6.92 Å². The SMILES string of the molecule is C[C@H](NC(N)=O)C(=O)N[C@@H](Cc1ccccc1Cl)c1ccccc1. The Hall–Kier alpha value is -2.53. The number of benzene rings is 2. The van der Waals surface area contributed by atoms with E-state index in [2.05, 4.69) is 10.6 Å². The molecule has 24 heavy (non-hydrogen) atoms. The number of nitrogens with two attached hydrogens (primary N) is 1. The zero-order valence-corrected chi connectivity index (χ0v) is 14.1. The second-order valence-electron chi connectivity index (χ2n) is 5.50. The molecule has 0 aliphatic heterocycles. The van der Waals surface area contributed by atoms with Gasteiger partial charge < -0.3 is 16.4 Å². The van der Waals surface area contributed by atoms with Gasteiger partial charge in [-0.05, 0) is 30.5 Å². The van der Waals surface area contributed by atoms with Crippen LogP contribution in [0.2, 0.25) is 5.02 Å². The fourth-order valence-electron chi connectivity index (χ4n) is 2.40. The van der Waals surface area contributed by atoms with Crippen LogP contribution in [0.5, 0.6) is 0 Å². The van der Waals surface area contributed by atoms with Crippen LogP contribution in [0, 0.1) is 0 Å². The van der Waals surface area contributed by atoms with E-state index in [1.807, 2.05) is 54.6 Å². The van der Waals surface area contributed by atoms with Crippen LogP contribution in [0.15, 0.2) is 54.6 Å². The fourth-order valence-corrected chi connectivity index (χ4v) is 2.61. The molecule has 126 valence electrons. The second-order valence-corrected chi connectivity index (χ2v) is 5.90. The number of urea groups is 1. The summed E-state index contributed by atoms with van der Waals surface area (Å²) in [6.07, 6.45) is 0.540. The van der Waals surface area contributed by atoms with Crippen LogP contribution >= 0.6 is 11.6 Å². The number of hydrogen-bond donors (Lipinski definition) is 3. The van der Waals surface area contributed by atoms with Gasteiger partial charge in [-0.15, -0.1) is 0 Å². The van der Waals surface area contributed by atoms with Crippen molar-refractivity contribution in [3.8, 4) is 0 Å². The Morgan fingerprint density at radius 2 is 1.67 bits per heavy atom. The molecule has 0 saturated carbocycles. The number of carbonyl (C=O) groups excluding carboxylic acids is 2. The molecule has 0 aromatic heterocycles. The van der Waals surface area contributed by atoms with Crippen molar-refractivity contribution in [1.29, 1.82) is 0 Å². The van der Waals surface area contributed by atoms with Gasteiger partial charge in [-0.2, -0.15) is 0 Å². The maximum atomic E-state index is 12.3. The van der Waals surface area contributed by atoms with E-state index in [9.17, 15) is 9.59 Å². The monoisotopic (exact) mass is 345 g/mol. The molecule has 2 aromatic carbocycles. The van der Waals surface area contributed by atoms with Crippen molar-refractivity contribution in [2.75, 3.05) is 0 Å². The Morgan fingerprint density at radius 1 is 1.04 bits per heavy atom. The van der Waals surface area contributed by atoms with Gasteiger partial charge in [-0.3, -0.25) is 4.79 Å². The quantitative estimate of drug-likeness (QED) is 0.752. The van der Waals surface area contributed by atoms with E-state index < -0.39 is 12.1 Å². The number of hydrogen-bond acceptors (Lipinski definition) is 2. The minimum atomic E-state index is -0.736. The minimum Gasteiger partial charge on any atom is -0.352 e. The van der Waals surface area contributed by atoms with Gasteiger partial charge >= 0.3 is 6.03 Å². The lowest BCUT2D eigenvalue weighted by molar-refractivity contribution is -0.123. The summed E-state index contributed by atoms with van der Waals surface area (Å²) >= 11 is 6.24. The van der Waals surface area contributed by atoms with Crippen LogP contribution in [0.4, 0.5) is 4.79 Å². The average Bonchev–Trinajstić information content (AvgIpc) is 2.56. The number of amides is 3. The number of nitrogens with one attached hydrogen (secondary N) is 2. The highest BCUT2D eigenvalue weighted by Gasteiger charge is 2.20. The highest BCUT2D eigenvalue weighted by Crippen LogP contribution is 2.23. The van der Waals surface area contributed by atoms with Gasteiger partial charge in [0.05, 0.1) is 6.04 Å². The zero-order chi connectivity index (χ0) is 17.5. The van der Waals surface area contributed by atoms with Gasteiger partial charge in [0.2, 0.25) is 5.91 Å². The summed E-state index contributed by atoms with van der Waals surface area (Å²) in [5, 5.41) is 5.97. The Balaban J connectivity index is 2.19. The third kappa shape index (κ3) is 4.99. The van der Waals surface area contributed by atoms with Crippen molar-refractivity contribution in [2.45, 2.75) is 25.4 Å². The molecule has 3 amide bonds. The summed E-state index contributed by atoms with van der Waals surface area (Å²) in [6, 6.07) is 15.4. The predicted molar refractivity (Wildman–Crippen MR) is 94.7 cm³/mol. The van der Waals surface area contributed by atoms with Crippen LogP contribution in [-0.2, 0) is 11.2 Å². The molecule has 6 heteroatoms. The number of rotatable bonds is 6. The molecule has 0 radical (unpaired) electrons. The first kappa shape index (κ1) is 17.8. The standard InChI is InChI=1S/C18H20ClN3O2/c1-12(21-18(20)24)17(23)22-16(13-7-3-2-4-8-13)11-14-9-5-6-10-15(14)19/h2-10,12,16H,11H2,1H3,(H,22,23)(H3,20,21,24)/t12-,16-/m0/s1. The molecule has 0 fully saturated rings. The maximum absolute atomic E-state index is 12.3. The summed E-state index contributed by atoms with van der Waals surface area (Å²) in [5.41, 5.74) is 6.96. The Kier molecular flexibility index (Phi) is 6.21. The van der Waals surface area contributed by atoms with Gasteiger partial charge in [0.1, 0.15) is 6.04 Å². The number of primary amides is 1. The molecule has 0 aliphatic carbocycles. The summed E-state index contributed by atoms with van der Waals surface area (Å²) in [5.74, 6) is -0.310. The van der Waals surface area contributed by atoms with Crippen LogP contribution in [0.25, 0.3) is 0 Å². The van der Waals surface area contributed by atoms with Gasteiger partial charge in [0.15, 0.2) is 0 Å². The maximum Gasteiger partial charge on any atom is 0.312 e. The predicted octanol–water partition coefficient (Wildman–Crippen LogP) is 2.80. The van der Waals surface area contributed by atoms with E-state index in [-0.39, 0.29) is 11.9 Å². The second kappa shape index (κ2) is 8.36. The highest BCUT2D eigenvalue weighted by molar-refractivity contribution is 6.31. The molecule has 0 aliphatic rings. The van der Waals surface area contributed by atoms with E-state index in [0.29, 0.717) is 11.4 Å². The summed E-state index contributed by atoms with van der Waals surface area (Å²) < 4.78 is 0.